The first kappa shape index (κ1) is 19.5. The van der Waals surface area contributed by atoms with E-state index in [1.54, 1.807) is 24.4 Å². The number of aromatic amines is 1. The van der Waals surface area contributed by atoms with Gasteiger partial charge in [0.2, 0.25) is 0 Å². The lowest BCUT2D eigenvalue weighted by molar-refractivity contribution is 0.0991. The van der Waals surface area contributed by atoms with E-state index < -0.39 is 5.82 Å². The van der Waals surface area contributed by atoms with Gasteiger partial charge in [0.1, 0.15) is 11.5 Å². The second-order valence-corrected chi connectivity index (χ2v) is 8.79. The topological polar surface area (TPSA) is 63.1 Å². The van der Waals surface area contributed by atoms with Crippen LogP contribution in [0, 0.1) is 5.82 Å². The van der Waals surface area contributed by atoms with Crippen LogP contribution in [0.2, 0.25) is 5.02 Å². The fourth-order valence-electron chi connectivity index (χ4n) is 4.76. The molecule has 4 aromatic rings. The van der Waals surface area contributed by atoms with Crippen LogP contribution in [-0.2, 0) is 11.3 Å². The molecule has 2 aliphatic heterocycles. The maximum Gasteiger partial charge on any atom is 0.251 e. The summed E-state index contributed by atoms with van der Waals surface area (Å²) in [5, 5.41) is 1.01. The van der Waals surface area contributed by atoms with E-state index in [0.717, 1.165) is 47.4 Å². The highest BCUT2D eigenvalue weighted by molar-refractivity contribution is 6.30. The van der Waals surface area contributed by atoms with E-state index >= 15 is 0 Å². The van der Waals surface area contributed by atoms with Crippen molar-refractivity contribution in [1.29, 1.82) is 0 Å². The third kappa shape index (κ3) is 3.20. The predicted molar refractivity (Wildman–Crippen MR) is 122 cm³/mol. The van der Waals surface area contributed by atoms with Crippen LogP contribution < -0.4 is 10.5 Å². The van der Waals surface area contributed by atoms with E-state index in [-0.39, 0.29) is 17.1 Å². The van der Waals surface area contributed by atoms with E-state index in [9.17, 15) is 9.18 Å². The largest absolute Gasteiger partial charge is 0.374 e. The minimum absolute atomic E-state index is 0.0482. The molecule has 2 fully saturated rings. The third-order valence-corrected chi connectivity index (χ3v) is 6.72. The molecule has 0 radical (unpaired) electrons. The SMILES string of the molecule is O=c1cc(-c2c[nH]c3ncc(N4CC5CC4CO5)cc23)ccn1Cc1cccc(Cl)c1F. The first-order valence-corrected chi connectivity index (χ1v) is 10.9. The highest BCUT2D eigenvalue weighted by Crippen LogP contribution is 2.35. The quantitative estimate of drug-likeness (QED) is 0.506. The van der Waals surface area contributed by atoms with Crippen molar-refractivity contribution in [2.45, 2.75) is 25.1 Å². The number of halogens is 2. The number of hydrogen-bond donors (Lipinski definition) is 1. The summed E-state index contributed by atoms with van der Waals surface area (Å²) in [6, 6.07) is 10.8. The molecule has 6 nitrogen and oxygen atoms in total. The number of hydrogen-bond acceptors (Lipinski definition) is 4. The number of morpholine rings is 1. The van der Waals surface area contributed by atoms with Crippen molar-refractivity contribution >= 4 is 28.3 Å². The molecule has 2 aliphatic rings. The molecule has 2 saturated heterocycles. The summed E-state index contributed by atoms with van der Waals surface area (Å²) in [6.45, 7) is 1.76. The minimum atomic E-state index is -0.499. The lowest BCUT2D eigenvalue weighted by Crippen LogP contribution is -2.36. The molecule has 3 aromatic heterocycles. The first-order valence-electron chi connectivity index (χ1n) is 10.6. The number of rotatable bonds is 4. The van der Waals surface area contributed by atoms with E-state index in [4.69, 9.17) is 16.3 Å². The molecule has 32 heavy (non-hydrogen) atoms. The van der Waals surface area contributed by atoms with Crippen LogP contribution >= 0.6 is 11.6 Å². The molecule has 0 amide bonds. The van der Waals surface area contributed by atoms with Gasteiger partial charge in [-0.15, -0.1) is 0 Å². The summed E-state index contributed by atoms with van der Waals surface area (Å²) in [6.07, 6.45) is 6.81. The van der Waals surface area contributed by atoms with Gasteiger partial charge in [-0.1, -0.05) is 23.7 Å². The van der Waals surface area contributed by atoms with E-state index in [1.165, 1.54) is 10.6 Å². The van der Waals surface area contributed by atoms with Crippen molar-refractivity contribution in [3.63, 3.8) is 0 Å². The summed E-state index contributed by atoms with van der Waals surface area (Å²) in [5.74, 6) is -0.499. The van der Waals surface area contributed by atoms with Crippen molar-refractivity contribution in [2.24, 2.45) is 0 Å². The van der Waals surface area contributed by atoms with E-state index in [0.29, 0.717) is 17.7 Å². The van der Waals surface area contributed by atoms with Crippen LogP contribution in [0.3, 0.4) is 0 Å². The van der Waals surface area contributed by atoms with Crippen molar-refractivity contribution in [3.8, 4) is 11.1 Å². The van der Waals surface area contributed by atoms with Crippen LogP contribution in [0.15, 0.2) is 59.8 Å². The van der Waals surface area contributed by atoms with Crippen LogP contribution in [0.4, 0.5) is 10.1 Å². The monoisotopic (exact) mass is 450 g/mol. The maximum atomic E-state index is 14.2. The predicted octanol–water partition coefficient (Wildman–Crippen LogP) is 4.21. The molecule has 1 N–H and O–H groups in total. The highest BCUT2D eigenvalue weighted by Gasteiger charge is 2.39. The Kier molecular flexibility index (Phi) is 4.55. The standard InChI is InChI=1S/C24H20ClFN4O2/c25-21-3-1-2-15(23(21)26)11-29-5-4-14(6-22(29)31)20-10-28-24-19(20)8-16(9-27-24)30-12-18-7-17(30)13-32-18/h1-6,8-10,17-18H,7,11-13H2,(H,27,28). The molecular formula is C24H20ClFN4O2. The fraction of sp³-hybridized carbons (Fsp3) is 0.250. The van der Waals surface area contributed by atoms with Gasteiger partial charge in [-0.2, -0.15) is 0 Å². The van der Waals surface area contributed by atoms with Gasteiger partial charge in [0.15, 0.2) is 0 Å². The second kappa shape index (κ2) is 7.46. The number of fused-ring (bicyclic) bond motifs is 3. The van der Waals surface area contributed by atoms with Crippen LogP contribution in [0.25, 0.3) is 22.2 Å². The van der Waals surface area contributed by atoms with Crippen LogP contribution in [-0.4, -0.2) is 39.8 Å². The Labute approximate surface area is 188 Å². The summed E-state index contributed by atoms with van der Waals surface area (Å²) < 4.78 is 21.4. The zero-order valence-corrected chi connectivity index (χ0v) is 17.8. The maximum absolute atomic E-state index is 14.2. The average Bonchev–Trinajstić information content (AvgIpc) is 3.53. The Bertz CT molecular complexity index is 1400. The average molecular weight is 451 g/mol. The number of nitrogens with zero attached hydrogens (tertiary/aromatic N) is 3. The van der Waals surface area contributed by atoms with Gasteiger partial charge in [-0.3, -0.25) is 4.79 Å². The minimum Gasteiger partial charge on any atom is -0.374 e. The normalized spacial score (nSPS) is 19.9. The number of H-pyrrole nitrogens is 1. The third-order valence-electron chi connectivity index (χ3n) is 6.43. The Morgan fingerprint density at radius 3 is 2.97 bits per heavy atom. The molecular weight excluding hydrogens is 431 g/mol. The van der Waals surface area contributed by atoms with Crippen LogP contribution in [0.5, 0.6) is 0 Å². The van der Waals surface area contributed by atoms with Gasteiger partial charge < -0.3 is 19.2 Å². The van der Waals surface area contributed by atoms with Gasteiger partial charge in [-0.05, 0) is 30.2 Å². The molecule has 2 bridgehead atoms. The number of pyridine rings is 2. The second-order valence-electron chi connectivity index (χ2n) is 8.38. The van der Waals surface area contributed by atoms with Crippen molar-refractivity contribution in [2.75, 3.05) is 18.1 Å². The van der Waals surface area contributed by atoms with Crippen molar-refractivity contribution in [1.82, 2.24) is 14.5 Å². The van der Waals surface area contributed by atoms with Gasteiger partial charge >= 0.3 is 0 Å². The van der Waals surface area contributed by atoms with Gasteiger partial charge in [0.25, 0.3) is 5.56 Å². The number of aromatic nitrogens is 3. The molecule has 0 saturated carbocycles. The lowest BCUT2D eigenvalue weighted by Gasteiger charge is -2.28. The molecule has 0 aliphatic carbocycles. The fourth-order valence-corrected chi connectivity index (χ4v) is 4.96. The summed E-state index contributed by atoms with van der Waals surface area (Å²) in [4.78, 5) is 22.9. The van der Waals surface area contributed by atoms with Gasteiger partial charge in [-0.25, -0.2) is 9.37 Å². The number of anilines is 1. The molecule has 162 valence electrons. The highest BCUT2D eigenvalue weighted by atomic mass is 35.5. The van der Waals surface area contributed by atoms with Crippen LogP contribution in [0.1, 0.15) is 12.0 Å². The molecule has 0 spiro atoms. The summed E-state index contributed by atoms with van der Waals surface area (Å²) in [5.41, 5.74) is 3.70. The number of nitrogens with one attached hydrogen (secondary N) is 1. The van der Waals surface area contributed by atoms with Crippen molar-refractivity contribution in [3.05, 3.63) is 81.7 Å². The van der Waals surface area contributed by atoms with E-state index in [1.807, 2.05) is 18.5 Å². The Morgan fingerprint density at radius 1 is 1.28 bits per heavy atom. The zero-order valence-electron chi connectivity index (χ0n) is 17.1. The smallest absolute Gasteiger partial charge is 0.251 e. The number of benzene rings is 1. The molecule has 1 aromatic carbocycles. The van der Waals surface area contributed by atoms with Gasteiger partial charge in [0, 0.05) is 41.5 Å². The first-order chi connectivity index (χ1) is 15.6. The van der Waals surface area contributed by atoms with E-state index in [2.05, 4.69) is 20.9 Å². The zero-order chi connectivity index (χ0) is 21.8. The molecule has 2 atom stereocenters. The summed E-state index contributed by atoms with van der Waals surface area (Å²) >= 11 is 5.87. The van der Waals surface area contributed by atoms with Gasteiger partial charge in [0.05, 0.1) is 42.2 Å². The Balaban J connectivity index is 1.34. The van der Waals surface area contributed by atoms with Crippen molar-refractivity contribution < 1.29 is 9.13 Å². The molecule has 8 heteroatoms. The Morgan fingerprint density at radius 2 is 2.19 bits per heavy atom. The molecule has 2 unspecified atom stereocenters. The molecule has 6 rings (SSSR count). The Hall–Kier alpha value is -3.16. The lowest BCUT2D eigenvalue weighted by atomic mass is 10.1. The number of ether oxygens (including phenoxy) is 1. The summed E-state index contributed by atoms with van der Waals surface area (Å²) in [7, 11) is 0. The molecule has 5 heterocycles.